The number of aryl methyl sites for hydroxylation is 2. The number of nitrogens with one attached hydrogen (secondary N) is 1. The molecule has 0 saturated heterocycles. The molecule has 1 aliphatic carbocycles. The van der Waals surface area contributed by atoms with Crippen molar-refractivity contribution in [1.82, 2.24) is 9.47 Å². The number of hydrogen-bond donors (Lipinski definition) is 1. The van der Waals surface area contributed by atoms with E-state index in [1.807, 2.05) is 55.5 Å². The fourth-order valence-corrected chi connectivity index (χ4v) is 7.14. The number of amides is 2. The summed E-state index contributed by atoms with van der Waals surface area (Å²) >= 11 is 8.29. The second-order valence-electron chi connectivity index (χ2n) is 10.2. The summed E-state index contributed by atoms with van der Waals surface area (Å²) in [5.41, 5.74) is 7.76. The van der Waals surface area contributed by atoms with Crippen molar-refractivity contribution in [2.45, 2.75) is 45.2 Å². The maximum Gasteiger partial charge on any atom is 0.322 e. The highest BCUT2D eigenvalue weighted by atomic mass is 35.5. The summed E-state index contributed by atoms with van der Waals surface area (Å²) in [5.74, 6) is 0. The molecule has 1 aliphatic heterocycles. The minimum atomic E-state index is -0.231. The lowest BCUT2D eigenvalue weighted by Gasteiger charge is -2.31. The van der Waals surface area contributed by atoms with E-state index in [0.29, 0.717) is 17.3 Å². The summed E-state index contributed by atoms with van der Waals surface area (Å²) in [6.45, 7) is 2.53. The number of carbonyl (C=O) groups excluding carboxylic acids is 1. The Labute approximate surface area is 227 Å². The number of thiophene rings is 1. The number of benzene rings is 2. The Hall–Kier alpha value is -3.22. The molecule has 1 N–H and O–H groups in total. The fourth-order valence-electron chi connectivity index (χ4n) is 5.56. The molecule has 2 aromatic heterocycles. The first kappa shape index (κ1) is 24.1. The minimum absolute atomic E-state index is 0.127. The molecule has 3 heterocycles. The van der Waals surface area contributed by atoms with Crippen LogP contribution in [0.25, 0.3) is 5.00 Å². The van der Waals surface area contributed by atoms with E-state index in [9.17, 15) is 4.79 Å². The summed E-state index contributed by atoms with van der Waals surface area (Å²) in [7, 11) is 4.08. The van der Waals surface area contributed by atoms with Gasteiger partial charge in [-0.2, -0.15) is 0 Å². The van der Waals surface area contributed by atoms with Crippen LogP contribution in [0.3, 0.4) is 0 Å². The van der Waals surface area contributed by atoms with Gasteiger partial charge in [-0.3, -0.25) is 0 Å². The lowest BCUT2D eigenvalue weighted by Crippen LogP contribution is -2.38. The van der Waals surface area contributed by atoms with E-state index in [4.69, 9.17) is 11.6 Å². The fraction of sp³-hybridized carbons (Fsp3) is 0.300. The molecule has 0 spiro atoms. The lowest BCUT2D eigenvalue weighted by molar-refractivity contribution is 0.194. The molecule has 37 heavy (non-hydrogen) atoms. The average molecular weight is 531 g/mol. The standard InChI is InChI=1S/C30H31ClN4OS/c1-19-10-13-21(17-25(19)31)32-30(36)35-18-24-23-7-4-5-9-27(23)37-29(24)34-16-6-8-26(34)28(35)20-11-14-22(15-12-20)33(2)3/h6,8,10-17,28H,4-5,7,9,18H2,1-3H3,(H,32,36)/t28-/m1/s1. The molecule has 7 heteroatoms. The molecule has 2 amide bonds. The molecule has 2 aromatic carbocycles. The van der Waals surface area contributed by atoms with Crippen molar-refractivity contribution >= 4 is 40.3 Å². The van der Waals surface area contributed by atoms with Gasteiger partial charge in [0.1, 0.15) is 5.00 Å². The highest BCUT2D eigenvalue weighted by Gasteiger charge is 2.36. The average Bonchev–Trinajstić information content (AvgIpc) is 3.48. The van der Waals surface area contributed by atoms with E-state index >= 15 is 0 Å². The van der Waals surface area contributed by atoms with E-state index in [1.54, 1.807) is 0 Å². The van der Waals surface area contributed by atoms with Crippen LogP contribution in [0.5, 0.6) is 0 Å². The zero-order valence-corrected chi connectivity index (χ0v) is 23.0. The Morgan fingerprint density at radius 3 is 2.59 bits per heavy atom. The van der Waals surface area contributed by atoms with Crippen molar-refractivity contribution in [2.24, 2.45) is 0 Å². The van der Waals surface area contributed by atoms with Gasteiger partial charge in [0, 0.05) is 47.1 Å². The Kier molecular flexibility index (Phi) is 6.25. The molecule has 0 bridgehead atoms. The predicted octanol–water partition coefficient (Wildman–Crippen LogP) is 7.58. The van der Waals surface area contributed by atoms with Crippen LogP contribution in [0.4, 0.5) is 16.2 Å². The third-order valence-electron chi connectivity index (χ3n) is 7.59. The molecular weight excluding hydrogens is 500 g/mol. The van der Waals surface area contributed by atoms with Crippen molar-refractivity contribution in [3.8, 4) is 5.00 Å². The molecule has 1 atom stereocenters. The number of carbonyl (C=O) groups is 1. The molecular formula is C30H31ClN4OS. The first-order valence-corrected chi connectivity index (χ1v) is 14.0. The normalized spacial score (nSPS) is 16.4. The number of halogens is 1. The van der Waals surface area contributed by atoms with Gasteiger partial charge < -0.3 is 19.7 Å². The largest absolute Gasteiger partial charge is 0.378 e. The summed E-state index contributed by atoms with van der Waals surface area (Å²) in [5, 5.41) is 5.06. The van der Waals surface area contributed by atoms with Gasteiger partial charge in [-0.1, -0.05) is 29.8 Å². The number of nitrogens with zero attached hydrogens (tertiary/aromatic N) is 3. The number of urea groups is 1. The van der Waals surface area contributed by atoms with Gasteiger partial charge >= 0.3 is 6.03 Å². The van der Waals surface area contributed by atoms with Gasteiger partial charge in [0.25, 0.3) is 0 Å². The number of fused-ring (bicyclic) bond motifs is 5. The van der Waals surface area contributed by atoms with Crippen molar-refractivity contribution in [3.63, 3.8) is 0 Å². The van der Waals surface area contributed by atoms with Crippen molar-refractivity contribution in [2.75, 3.05) is 24.3 Å². The second-order valence-corrected chi connectivity index (χ2v) is 11.7. The molecule has 0 fully saturated rings. The van der Waals surface area contributed by atoms with E-state index < -0.39 is 0 Å². The second kappa shape index (κ2) is 9.58. The monoisotopic (exact) mass is 530 g/mol. The molecule has 4 aromatic rings. The van der Waals surface area contributed by atoms with E-state index in [2.05, 4.69) is 57.4 Å². The first-order chi connectivity index (χ1) is 17.9. The summed E-state index contributed by atoms with van der Waals surface area (Å²) in [4.78, 5) is 19.6. The Bertz CT molecular complexity index is 1470. The number of aromatic nitrogens is 1. The van der Waals surface area contributed by atoms with Gasteiger partial charge in [-0.25, -0.2) is 4.79 Å². The van der Waals surface area contributed by atoms with Crippen LogP contribution < -0.4 is 10.2 Å². The smallest absolute Gasteiger partial charge is 0.322 e. The highest BCUT2D eigenvalue weighted by molar-refractivity contribution is 7.15. The molecule has 6 rings (SSSR count). The topological polar surface area (TPSA) is 40.5 Å². The van der Waals surface area contributed by atoms with Crippen LogP contribution in [-0.2, 0) is 19.4 Å². The van der Waals surface area contributed by atoms with Crippen LogP contribution in [0.15, 0.2) is 60.8 Å². The van der Waals surface area contributed by atoms with Crippen LogP contribution >= 0.6 is 22.9 Å². The van der Waals surface area contributed by atoms with Crippen molar-refractivity contribution in [1.29, 1.82) is 0 Å². The zero-order valence-electron chi connectivity index (χ0n) is 21.4. The summed E-state index contributed by atoms with van der Waals surface area (Å²) in [6, 6.07) is 18.1. The summed E-state index contributed by atoms with van der Waals surface area (Å²) < 4.78 is 2.32. The van der Waals surface area contributed by atoms with Crippen LogP contribution in [0, 0.1) is 6.92 Å². The molecule has 0 radical (unpaired) electrons. The molecule has 190 valence electrons. The quantitative estimate of drug-likeness (QED) is 0.296. The first-order valence-electron chi connectivity index (χ1n) is 12.8. The summed E-state index contributed by atoms with van der Waals surface area (Å²) in [6.07, 6.45) is 6.82. The minimum Gasteiger partial charge on any atom is -0.378 e. The van der Waals surface area contributed by atoms with Crippen LogP contribution in [0.1, 0.15) is 51.7 Å². The van der Waals surface area contributed by atoms with Gasteiger partial charge in [-0.05, 0) is 85.7 Å². The third-order valence-corrected chi connectivity index (χ3v) is 9.33. The van der Waals surface area contributed by atoms with Gasteiger partial charge in [0.05, 0.1) is 18.3 Å². The van der Waals surface area contributed by atoms with E-state index in [1.165, 1.54) is 33.8 Å². The molecule has 0 unspecified atom stereocenters. The van der Waals surface area contributed by atoms with Crippen LogP contribution in [0.2, 0.25) is 5.02 Å². The Morgan fingerprint density at radius 1 is 1.05 bits per heavy atom. The van der Waals surface area contributed by atoms with Crippen molar-refractivity contribution in [3.05, 3.63) is 98.6 Å². The lowest BCUT2D eigenvalue weighted by atomic mass is 9.95. The number of rotatable bonds is 3. The number of hydrogen-bond acceptors (Lipinski definition) is 3. The maximum atomic E-state index is 14.1. The molecule has 2 aliphatic rings. The third kappa shape index (κ3) is 4.32. The van der Waals surface area contributed by atoms with Gasteiger partial charge in [0.15, 0.2) is 0 Å². The van der Waals surface area contributed by atoms with Gasteiger partial charge in [-0.15, -0.1) is 11.3 Å². The van der Waals surface area contributed by atoms with E-state index in [0.717, 1.165) is 35.3 Å². The predicted molar refractivity (Wildman–Crippen MR) is 154 cm³/mol. The van der Waals surface area contributed by atoms with Gasteiger partial charge in [0.2, 0.25) is 0 Å². The molecule has 5 nitrogen and oxygen atoms in total. The zero-order chi connectivity index (χ0) is 25.7. The Balaban J connectivity index is 1.47. The van der Waals surface area contributed by atoms with E-state index in [-0.39, 0.29) is 12.1 Å². The highest BCUT2D eigenvalue weighted by Crippen LogP contribution is 2.44. The Morgan fingerprint density at radius 2 is 1.84 bits per heavy atom. The van der Waals surface area contributed by atoms with Crippen LogP contribution in [-0.4, -0.2) is 29.6 Å². The maximum absolute atomic E-state index is 14.1. The number of anilines is 2. The molecule has 0 saturated carbocycles. The SMILES string of the molecule is Cc1ccc(NC(=O)N2Cc3c(sc4c3CCCC4)-n3cccc3[C@H]2c2ccc(N(C)C)cc2)cc1Cl. The van der Waals surface area contributed by atoms with Crippen molar-refractivity contribution < 1.29 is 4.79 Å².